The molecule has 3 rings (SSSR count). The van der Waals surface area contributed by atoms with Gasteiger partial charge in [0.25, 0.3) is 0 Å². The number of aromatic nitrogens is 1. The minimum atomic E-state index is -0.210. The average Bonchev–Trinajstić information content (AvgIpc) is 3.01. The van der Waals surface area contributed by atoms with Gasteiger partial charge in [0.1, 0.15) is 0 Å². The Morgan fingerprint density at radius 2 is 2.12 bits per heavy atom. The van der Waals surface area contributed by atoms with Crippen LogP contribution in [0.5, 0.6) is 0 Å². The SMILES string of the molecule is Cc1nc(CC(=O)N2CCOC[C@@H]2CC(=O)c2ccccc2)cs1. The predicted octanol–water partition coefficient (Wildman–Crippen LogP) is 2.49. The highest BCUT2D eigenvalue weighted by molar-refractivity contribution is 7.09. The summed E-state index contributed by atoms with van der Waals surface area (Å²) in [4.78, 5) is 31.2. The van der Waals surface area contributed by atoms with Crippen molar-refractivity contribution < 1.29 is 14.3 Å². The lowest BCUT2D eigenvalue weighted by Gasteiger charge is -2.35. The number of morpholine rings is 1. The lowest BCUT2D eigenvalue weighted by atomic mass is 10.0. The zero-order chi connectivity index (χ0) is 16.9. The second-order valence-electron chi connectivity index (χ2n) is 5.84. The van der Waals surface area contributed by atoms with Crippen LogP contribution in [0, 0.1) is 6.92 Å². The maximum Gasteiger partial charge on any atom is 0.229 e. The Morgan fingerprint density at radius 1 is 1.33 bits per heavy atom. The van der Waals surface area contributed by atoms with Crippen molar-refractivity contribution in [3.63, 3.8) is 0 Å². The predicted molar refractivity (Wildman–Crippen MR) is 92.3 cm³/mol. The van der Waals surface area contributed by atoms with E-state index < -0.39 is 0 Å². The van der Waals surface area contributed by atoms with Gasteiger partial charge in [0, 0.05) is 23.9 Å². The number of carbonyl (C=O) groups is 2. The van der Waals surface area contributed by atoms with E-state index in [1.54, 1.807) is 28.4 Å². The van der Waals surface area contributed by atoms with E-state index in [4.69, 9.17) is 4.74 Å². The average molecular weight is 344 g/mol. The molecule has 0 aliphatic carbocycles. The molecule has 1 atom stereocenters. The van der Waals surface area contributed by atoms with Gasteiger partial charge in [-0.15, -0.1) is 11.3 Å². The van der Waals surface area contributed by atoms with Crippen LogP contribution in [-0.2, 0) is 16.0 Å². The largest absolute Gasteiger partial charge is 0.377 e. The van der Waals surface area contributed by atoms with Gasteiger partial charge in [-0.25, -0.2) is 4.98 Å². The third-order valence-electron chi connectivity index (χ3n) is 4.06. The number of amides is 1. The monoisotopic (exact) mass is 344 g/mol. The standard InChI is InChI=1S/C18H20N2O3S/c1-13-19-15(12-24-13)9-18(22)20-7-8-23-11-16(20)10-17(21)14-5-3-2-4-6-14/h2-6,12,16H,7-11H2,1H3/t16-/m0/s1. The quantitative estimate of drug-likeness (QED) is 0.782. The van der Waals surface area contributed by atoms with Crippen molar-refractivity contribution in [2.75, 3.05) is 19.8 Å². The highest BCUT2D eigenvalue weighted by Crippen LogP contribution is 2.17. The Kier molecular flexibility index (Phi) is 5.37. The number of Topliss-reactive ketones (excluding diaryl/α,β-unsaturated/α-hetero) is 1. The van der Waals surface area contributed by atoms with Crippen LogP contribution in [0.4, 0.5) is 0 Å². The summed E-state index contributed by atoms with van der Waals surface area (Å²) < 4.78 is 5.49. The number of hydrogen-bond acceptors (Lipinski definition) is 5. The van der Waals surface area contributed by atoms with Crippen LogP contribution in [0.25, 0.3) is 0 Å². The van der Waals surface area contributed by atoms with E-state index in [2.05, 4.69) is 4.98 Å². The van der Waals surface area contributed by atoms with Crippen molar-refractivity contribution in [2.24, 2.45) is 0 Å². The molecule has 1 amide bonds. The second kappa shape index (κ2) is 7.68. The number of nitrogens with zero attached hydrogens (tertiary/aromatic N) is 2. The van der Waals surface area contributed by atoms with Crippen molar-refractivity contribution in [3.05, 3.63) is 52.0 Å². The van der Waals surface area contributed by atoms with Crippen LogP contribution >= 0.6 is 11.3 Å². The first-order chi connectivity index (χ1) is 11.6. The third-order valence-corrected chi connectivity index (χ3v) is 4.89. The molecule has 24 heavy (non-hydrogen) atoms. The molecule has 2 heterocycles. The molecule has 0 unspecified atom stereocenters. The van der Waals surface area contributed by atoms with Crippen LogP contribution in [0.1, 0.15) is 27.5 Å². The Morgan fingerprint density at radius 3 is 2.83 bits per heavy atom. The van der Waals surface area contributed by atoms with Gasteiger partial charge < -0.3 is 9.64 Å². The van der Waals surface area contributed by atoms with Crippen molar-refractivity contribution in [1.29, 1.82) is 0 Å². The fraction of sp³-hybridized carbons (Fsp3) is 0.389. The van der Waals surface area contributed by atoms with E-state index in [-0.39, 0.29) is 30.6 Å². The summed E-state index contributed by atoms with van der Waals surface area (Å²) in [5, 5.41) is 2.87. The van der Waals surface area contributed by atoms with Crippen LogP contribution in [0.15, 0.2) is 35.7 Å². The van der Waals surface area contributed by atoms with E-state index in [0.29, 0.717) is 25.3 Å². The number of benzene rings is 1. The van der Waals surface area contributed by atoms with Crippen molar-refractivity contribution in [2.45, 2.75) is 25.8 Å². The van der Waals surface area contributed by atoms with Gasteiger partial charge in [0.2, 0.25) is 5.91 Å². The Hall–Kier alpha value is -2.05. The van der Waals surface area contributed by atoms with Gasteiger partial charge in [-0.05, 0) is 6.92 Å². The van der Waals surface area contributed by atoms with E-state index >= 15 is 0 Å². The molecule has 1 aromatic carbocycles. The molecule has 0 spiro atoms. The summed E-state index contributed by atoms with van der Waals surface area (Å²) in [6.45, 7) is 3.36. The summed E-state index contributed by atoms with van der Waals surface area (Å²) in [6, 6.07) is 8.97. The molecule has 1 fully saturated rings. The highest BCUT2D eigenvalue weighted by Gasteiger charge is 2.29. The summed E-state index contributed by atoms with van der Waals surface area (Å²) in [5.74, 6) is 0.0443. The molecule has 126 valence electrons. The maximum absolute atomic E-state index is 12.6. The molecule has 0 bridgehead atoms. The number of ketones is 1. The second-order valence-corrected chi connectivity index (χ2v) is 6.91. The molecule has 1 aromatic heterocycles. The molecule has 1 saturated heterocycles. The van der Waals surface area contributed by atoms with Gasteiger partial charge in [0.05, 0.1) is 36.4 Å². The molecule has 1 aliphatic rings. The summed E-state index contributed by atoms with van der Waals surface area (Å²) >= 11 is 1.54. The van der Waals surface area contributed by atoms with Gasteiger partial charge in [-0.1, -0.05) is 30.3 Å². The molecule has 6 heteroatoms. The van der Waals surface area contributed by atoms with Gasteiger partial charge >= 0.3 is 0 Å². The zero-order valence-electron chi connectivity index (χ0n) is 13.6. The van der Waals surface area contributed by atoms with Gasteiger partial charge in [-0.2, -0.15) is 0 Å². The number of aryl methyl sites for hydroxylation is 1. The number of thiazole rings is 1. The lowest BCUT2D eigenvalue weighted by Crippen LogP contribution is -2.50. The van der Waals surface area contributed by atoms with Crippen LogP contribution in [0.2, 0.25) is 0 Å². The number of ether oxygens (including phenoxy) is 1. The van der Waals surface area contributed by atoms with Crippen molar-refractivity contribution in [1.82, 2.24) is 9.88 Å². The molecular weight excluding hydrogens is 324 g/mol. The first-order valence-corrected chi connectivity index (χ1v) is 8.88. The minimum absolute atomic E-state index is 0.00876. The molecule has 1 aliphatic heterocycles. The molecule has 0 radical (unpaired) electrons. The van der Waals surface area contributed by atoms with Gasteiger partial charge in [-0.3, -0.25) is 9.59 Å². The van der Waals surface area contributed by atoms with Gasteiger partial charge in [0.15, 0.2) is 5.78 Å². The number of rotatable bonds is 5. The fourth-order valence-electron chi connectivity index (χ4n) is 2.85. The van der Waals surface area contributed by atoms with E-state index in [9.17, 15) is 9.59 Å². The lowest BCUT2D eigenvalue weighted by molar-refractivity contribution is -0.138. The van der Waals surface area contributed by atoms with Crippen molar-refractivity contribution >= 4 is 23.0 Å². The highest BCUT2D eigenvalue weighted by atomic mass is 32.1. The van der Waals surface area contributed by atoms with Crippen LogP contribution in [0.3, 0.4) is 0 Å². The molecule has 0 saturated carbocycles. The smallest absolute Gasteiger partial charge is 0.229 e. The Balaban J connectivity index is 1.66. The first kappa shape index (κ1) is 16.8. The van der Waals surface area contributed by atoms with Crippen LogP contribution in [-0.4, -0.2) is 47.4 Å². The maximum atomic E-state index is 12.6. The van der Waals surface area contributed by atoms with E-state index in [0.717, 1.165) is 10.7 Å². The Labute approximate surface area is 145 Å². The molecule has 0 N–H and O–H groups in total. The van der Waals surface area contributed by atoms with E-state index in [1.165, 1.54) is 0 Å². The third kappa shape index (κ3) is 4.07. The fourth-order valence-corrected chi connectivity index (χ4v) is 3.47. The molecule has 5 nitrogen and oxygen atoms in total. The Bertz CT molecular complexity index is 714. The topological polar surface area (TPSA) is 59.5 Å². The van der Waals surface area contributed by atoms with Crippen molar-refractivity contribution in [3.8, 4) is 0 Å². The number of carbonyl (C=O) groups excluding carboxylic acids is 2. The first-order valence-electron chi connectivity index (χ1n) is 8.00. The normalized spacial score (nSPS) is 17.7. The summed E-state index contributed by atoms with van der Waals surface area (Å²) in [5.41, 5.74) is 1.47. The summed E-state index contributed by atoms with van der Waals surface area (Å²) in [7, 11) is 0. The number of hydrogen-bond donors (Lipinski definition) is 0. The van der Waals surface area contributed by atoms with E-state index in [1.807, 2.05) is 30.5 Å². The molecular formula is C18H20N2O3S. The molecule has 2 aromatic rings. The zero-order valence-corrected chi connectivity index (χ0v) is 14.4. The minimum Gasteiger partial charge on any atom is -0.377 e. The summed E-state index contributed by atoms with van der Waals surface area (Å²) in [6.07, 6.45) is 0.562. The van der Waals surface area contributed by atoms with Crippen LogP contribution < -0.4 is 0 Å².